The molecule has 0 aromatic heterocycles. The molecule has 0 aromatic carbocycles. The molecule has 3 nitrogen and oxygen atoms in total. The predicted octanol–water partition coefficient (Wildman–Crippen LogP) is 5.58. The third-order valence-corrected chi connectivity index (χ3v) is 10.0. The Bertz CT molecular complexity index is 876. The van der Waals surface area contributed by atoms with Crippen molar-refractivity contribution in [1.29, 1.82) is 0 Å². The second-order valence-corrected chi connectivity index (χ2v) is 11.1. The van der Waals surface area contributed by atoms with E-state index in [1.165, 1.54) is 12.0 Å². The molecular weight excluding hydrogens is 360 g/mol. The van der Waals surface area contributed by atoms with Crippen molar-refractivity contribution in [3.63, 3.8) is 0 Å². The third kappa shape index (κ3) is 2.42. The van der Waals surface area contributed by atoms with Crippen LogP contribution in [0.4, 0.5) is 0 Å². The first-order valence-electron chi connectivity index (χ1n) is 11.5. The molecule has 2 bridgehead atoms. The lowest BCUT2D eigenvalue weighted by atomic mass is 9.46. The molecule has 0 spiro atoms. The van der Waals surface area contributed by atoms with Crippen molar-refractivity contribution in [2.24, 2.45) is 46.3 Å². The minimum Gasteiger partial charge on any atom is -0.504 e. The van der Waals surface area contributed by atoms with Gasteiger partial charge in [0.2, 0.25) is 5.78 Å². The van der Waals surface area contributed by atoms with Gasteiger partial charge in [-0.25, -0.2) is 0 Å². The van der Waals surface area contributed by atoms with E-state index in [0.717, 1.165) is 25.7 Å². The van der Waals surface area contributed by atoms with Crippen molar-refractivity contribution in [1.82, 2.24) is 0 Å². The molecule has 0 aliphatic heterocycles. The van der Waals surface area contributed by atoms with Gasteiger partial charge in [0, 0.05) is 17.4 Å². The average Bonchev–Trinajstić information content (AvgIpc) is 3.30. The molecule has 2 saturated carbocycles. The maximum atomic E-state index is 13.6. The molecule has 0 saturated heterocycles. The first kappa shape index (κ1) is 19.3. The van der Waals surface area contributed by atoms with Crippen molar-refractivity contribution >= 4 is 11.6 Å². The molecule has 5 aliphatic carbocycles. The number of rotatable bonds is 2. The zero-order valence-corrected chi connectivity index (χ0v) is 18.2. The van der Waals surface area contributed by atoms with E-state index in [0.29, 0.717) is 23.8 Å². The standard InChI is InChI=1S/C26H34O3/c1-14-6-5-7-19-25(14,3)11-10-15(2)26(19,4)13-18-22(27)20-16-8-9-17(12-16)21(20)24(29)23(18)28/h6,8-9,15-17,19-21,28H,5,7,10-13H2,1-4H3/t15-,16+,17-,19+,20+,21-,25+,26+/m0/s1. The summed E-state index contributed by atoms with van der Waals surface area (Å²) in [6.07, 6.45) is 12.6. The highest BCUT2D eigenvalue weighted by molar-refractivity contribution is 6.13. The molecule has 0 radical (unpaired) electrons. The molecule has 1 N–H and O–H groups in total. The normalized spacial score (nSPS) is 48.6. The molecule has 0 unspecified atom stereocenters. The van der Waals surface area contributed by atoms with Crippen LogP contribution in [0, 0.1) is 46.3 Å². The highest BCUT2D eigenvalue weighted by Gasteiger charge is 2.58. The van der Waals surface area contributed by atoms with Crippen molar-refractivity contribution in [3.8, 4) is 0 Å². The summed E-state index contributed by atoms with van der Waals surface area (Å²) in [5.74, 6) is 0.407. The van der Waals surface area contributed by atoms with Gasteiger partial charge >= 0.3 is 0 Å². The van der Waals surface area contributed by atoms with Crippen LogP contribution in [-0.4, -0.2) is 16.7 Å². The number of hydrogen-bond acceptors (Lipinski definition) is 3. The van der Waals surface area contributed by atoms with Gasteiger partial charge in [-0.15, -0.1) is 0 Å². The van der Waals surface area contributed by atoms with E-state index in [4.69, 9.17) is 0 Å². The van der Waals surface area contributed by atoms with Gasteiger partial charge in [-0.1, -0.05) is 44.6 Å². The second kappa shape index (κ2) is 6.18. The predicted molar refractivity (Wildman–Crippen MR) is 113 cm³/mol. The first-order chi connectivity index (χ1) is 13.7. The maximum absolute atomic E-state index is 13.6. The molecule has 3 heteroatoms. The third-order valence-electron chi connectivity index (χ3n) is 10.0. The number of carbonyl (C=O) groups excluding carboxylic acids is 2. The molecule has 0 amide bonds. The largest absolute Gasteiger partial charge is 0.504 e. The van der Waals surface area contributed by atoms with Gasteiger partial charge in [0.1, 0.15) is 0 Å². The van der Waals surface area contributed by atoms with E-state index in [1.807, 2.05) is 0 Å². The average molecular weight is 395 g/mol. The molecule has 8 atom stereocenters. The maximum Gasteiger partial charge on any atom is 0.201 e. The molecule has 0 heterocycles. The Kier molecular flexibility index (Phi) is 4.12. The Morgan fingerprint density at radius 1 is 1.07 bits per heavy atom. The van der Waals surface area contributed by atoms with Gasteiger partial charge in [-0.3, -0.25) is 9.59 Å². The lowest BCUT2D eigenvalue weighted by Crippen LogP contribution is -2.51. The van der Waals surface area contributed by atoms with Crippen molar-refractivity contribution in [3.05, 3.63) is 35.1 Å². The molecule has 156 valence electrons. The topological polar surface area (TPSA) is 54.4 Å². The van der Waals surface area contributed by atoms with Gasteiger partial charge in [0.15, 0.2) is 11.5 Å². The van der Waals surface area contributed by atoms with E-state index in [2.05, 4.69) is 45.9 Å². The van der Waals surface area contributed by atoms with Crippen LogP contribution in [0.5, 0.6) is 0 Å². The number of aliphatic hydroxyl groups is 1. The van der Waals surface area contributed by atoms with Gasteiger partial charge in [0.25, 0.3) is 0 Å². The number of hydrogen-bond donors (Lipinski definition) is 1. The number of ketones is 2. The number of aliphatic hydroxyl groups excluding tert-OH is 1. The zero-order chi connectivity index (χ0) is 20.7. The summed E-state index contributed by atoms with van der Waals surface area (Å²) in [7, 11) is 0. The van der Waals surface area contributed by atoms with Crippen LogP contribution >= 0.6 is 0 Å². The fourth-order valence-electron chi connectivity index (χ4n) is 7.92. The minimum atomic E-state index is -0.317. The van der Waals surface area contributed by atoms with Gasteiger partial charge in [0.05, 0.1) is 0 Å². The zero-order valence-electron chi connectivity index (χ0n) is 18.2. The van der Waals surface area contributed by atoms with Crippen LogP contribution in [0.2, 0.25) is 0 Å². The fourth-order valence-corrected chi connectivity index (χ4v) is 7.92. The van der Waals surface area contributed by atoms with Crippen LogP contribution in [0.3, 0.4) is 0 Å². The monoisotopic (exact) mass is 394 g/mol. The first-order valence-corrected chi connectivity index (χ1v) is 11.5. The van der Waals surface area contributed by atoms with E-state index in [-0.39, 0.29) is 51.8 Å². The number of fused-ring (bicyclic) bond motifs is 6. The van der Waals surface area contributed by atoms with Crippen LogP contribution in [-0.2, 0) is 9.59 Å². The van der Waals surface area contributed by atoms with E-state index in [9.17, 15) is 14.7 Å². The minimum absolute atomic E-state index is 0.0627. The molecule has 2 fully saturated rings. The molecule has 5 rings (SSSR count). The Balaban J connectivity index is 1.53. The van der Waals surface area contributed by atoms with Crippen molar-refractivity contribution in [2.45, 2.75) is 66.2 Å². The fraction of sp³-hybridized carbons (Fsp3) is 0.692. The number of Topliss-reactive ketones (excluding diaryl/α,β-unsaturated/α-hetero) is 2. The Morgan fingerprint density at radius 2 is 1.72 bits per heavy atom. The SMILES string of the molecule is CC1=CCC[C@H]2[C@](C)(CC3=C(O)C(=O)[C@@H]4[C@H](C3=O)[C@@H]3C=C[C@H]4C3)[C@@H](C)CC[C@]12C. The smallest absolute Gasteiger partial charge is 0.201 e. The molecular formula is C26H34O3. The Hall–Kier alpha value is -1.64. The van der Waals surface area contributed by atoms with Crippen LogP contribution in [0.1, 0.15) is 66.2 Å². The quantitative estimate of drug-likeness (QED) is 0.622. The van der Waals surface area contributed by atoms with E-state index < -0.39 is 0 Å². The van der Waals surface area contributed by atoms with Crippen LogP contribution in [0.25, 0.3) is 0 Å². The summed E-state index contributed by atoms with van der Waals surface area (Å²) >= 11 is 0. The molecule has 5 aliphatic rings. The number of carbonyl (C=O) groups is 2. The van der Waals surface area contributed by atoms with Crippen molar-refractivity contribution in [2.75, 3.05) is 0 Å². The summed E-state index contributed by atoms with van der Waals surface area (Å²) < 4.78 is 0. The Labute approximate surface area is 174 Å². The summed E-state index contributed by atoms with van der Waals surface area (Å²) in [6.45, 7) is 9.29. The van der Waals surface area contributed by atoms with Crippen molar-refractivity contribution < 1.29 is 14.7 Å². The van der Waals surface area contributed by atoms with Crippen LogP contribution in [0.15, 0.2) is 35.1 Å². The summed E-state index contributed by atoms with van der Waals surface area (Å²) in [4.78, 5) is 26.6. The molecule has 0 aromatic rings. The van der Waals surface area contributed by atoms with Gasteiger partial charge in [-0.05, 0) is 80.0 Å². The second-order valence-electron chi connectivity index (χ2n) is 11.1. The van der Waals surface area contributed by atoms with Crippen LogP contribution < -0.4 is 0 Å². The summed E-state index contributed by atoms with van der Waals surface area (Å²) in [6, 6.07) is 0. The lowest BCUT2D eigenvalue weighted by molar-refractivity contribution is -0.134. The highest BCUT2D eigenvalue weighted by atomic mass is 16.3. The summed E-state index contributed by atoms with van der Waals surface area (Å²) in [5, 5.41) is 10.9. The van der Waals surface area contributed by atoms with Gasteiger partial charge in [-0.2, -0.15) is 0 Å². The lowest BCUT2D eigenvalue weighted by Gasteiger charge is -2.58. The number of allylic oxidation sites excluding steroid dienone is 6. The molecule has 29 heavy (non-hydrogen) atoms. The van der Waals surface area contributed by atoms with E-state index in [1.54, 1.807) is 0 Å². The van der Waals surface area contributed by atoms with E-state index >= 15 is 0 Å². The summed E-state index contributed by atoms with van der Waals surface area (Å²) in [5.41, 5.74) is 2.01. The van der Waals surface area contributed by atoms with Gasteiger partial charge < -0.3 is 5.11 Å². The Morgan fingerprint density at radius 3 is 2.41 bits per heavy atom. The highest BCUT2D eigenvalue weighted by Crippen LogP contribution is 2.63.